The number of aromatic nitrogens is 2. The second-order valence-corrected chi connectivity index (χ2v) is 5.34. The second kappa shape index (κ2) is 3.67. The van der Waals surface area contributed by atoms with E-state index in [0.717, 1.165) is 0 Å². The largest absolute Gasteiger partial charge is 0.406 e. The zero-order valence-electron chi connectivity index (χ0n) is 9.25. The molecule has 2 rings (SSSR count). The van der Waals surface area contributed by atoms with E-state index in [0.29, 0.717) is 17.8 Å². The average molecular weight is 230 g/mol. The third-order valence-electron chi connectivity index (χ3n) is 2.81. The quantitative estimate of drug-likeness (QED) is 0.807. The summed E-state index contributed by atoms with van der Waals surface area (Å²) in [4.78, 5) is 0. The van der Waals surface area contributed by atoms with Crippen molar-refractivity contribution in [2.24, 2.45) is 5.92 Å². The van der Waals surface area contributed by atoms with Crippen molar-refractivity contribution in [3.8, 4) is 0 Å². The summed E-state index contributed by atoms with van der Waals surface area (Å²) in [7, 11) is 0. The lowest BCUT2D eigenvalue weighted by molar-refractivity contribution is 0.447. The van der Waals surface area contributed by atoms with Crippen molar-refractivity contribution in [2.75, 3.05) is 5.32 Å². The van der Waals surface area contributed by atoms with Gasteiger partial charge in [-0.1, -0.05) is 5.10 Å². The van der Waals surface area contributed by atoms with Crippen LogP contribution in [-0.2, 0) is 0 Å². The predicted molar refractivity (Wildman–Crippen MR) is 59.0 cm³/mol. The fourth-order valence-corrected chi connectivity index (χ4v) is 1.72. The second-order valence-electron chi connectivity index (χ2n) is 4.68. The van der Waals surface area contributed by atoms with Crippen LogP contribution in [0.2, 0.25) is 0 Å². The van der Waals surface area contributed by atoms with Crippen LogP contribution in [-0.4, -0.2) is 15.7 Å². The molecule has 0 aromatic carbocycles. The van der Waals surface area contributed by atoms with Crippen LogP contribution in [0.3, 0.4) is 0 Å². The van der Waals surface area contributed by atoms with E-state index in [1.807, 2.05) is 6.92 Å². The molecule has 1 N–H and O–H groups in total. The first-order valence-corrected chi connectivity index (χ1v) is 5.68. The highest BCUT2D eigenvalue weighted by atomic mass is 35.5. The van der Waals surface area contributed by atoms with Crippen LogP contribution in [0.5, 0.6) is 0 Å². The zero-order chi connectivity index (χ0) is 11.1. The standard InChI is InChI=1S/C10H16ClN3O/c1-6(11)8-13-14-9(15-8)12-10(2,3)7-4-5-7/h6-7H,4-5H2,1-3H3,(H,12,14). The summed E-state index contributed by atoms with van der Waals surface area (Å²) in [5, 5.41) is 10.8. The van der Waals surface area contributed by atoms with Crippen LogP contribution in [0, 0.1) is 5.92 Å². The molecule has 0 saturated heterocycles. The Kier molecular flexibility index (Phi) is 2.63. The molecule has 1 aromatic heterocycles. The topological polar surface area (TPSA) is 51.0 Å². The molecule has 0 radical (unpaired) electrons. The average Bonchev–Trinajstić information content (AvgIpc) is 2.88. The van der Waals surface area contributed by atoms with Crippen molar-refractivity contribution in [3.63, 3.8) is 0 Å². The summed E-state index contributed by atoms with van der Waals surface area (Å²) in [6.45, 7) is 6.11. The van der Waals surface area contributed by atoms with Gasteiger partial charge in [-0.3, -0.25) is 0 Å². The van der Waals surface area contributed by atoms with Crippen molar-refractivity contribution < 1.29 is 4.42 Å². The van der Waals surface area contributed by atoms with E-state index < -0.39 is 0 Å². The molecule has 1 fully saturated rings. The minimum Gasteiger partial charge on any atom is -0.406 e. The van der Waals surface area contributed by atoms with Gasteiger partial charge in [-0.25, -0.2) is 0 Å². The van der Waals surface area contributed by atoms with Crippen LogP contribution < -0.4 is 5.32 Å². The normalized spacial score (nSPS) is 18.9. The fraction of sp³-hybridized carbons (Fsp3) is 0.800. The number of alkyl halides is 1. The van der Waals surface area contributed by atoms with Crippen LogP contribution in [0.1, 0.15) is 44.9 Å². The molecule has 1 heterocycles. The van der Waals surface area contributed by atoms with Gasteiger partial charge in [-0.05, 0) is 39.5 Å². The minimum atomic E-state index is -0.239. The van der Waals surface area contributed by atoms with Gasteiger partial charge >= 0.3 is 6.01 Å². The van der Waals surface area contributed by atoms with Crippen molar-refractivity contribution in [1.82, 2.24) is 10.2 Å². The van der Waals surface area contributed by atoms with Crippen LogP contribution >= 0.6 is 11.6 Å². The van der Waals surface area contributed by atoms with E-state index in [-0.39, 0.29) is 10.9 Å². The molecule has 84 valence electrons. The van der Waals surface area contributed by atoms with Gasteiger partial charge in [0.15, 0.2) is 0 Å². The van der Waals surface area contributed by atoms with Crippen LogP contribution in [0.4, 0.5) is 6.01 Å². The van der Waals surface area contributed by atoms with E-state index >= 15 is 0 Å². The summed E-state index contributed by atoms with van der Waals surface area (Å²) in [6, 6.07) is 0.467. The number of halogens is 1. The lowest BCUT2D eigenvalue weighted by atomic mass is 9.99. The Hall–Kier alpha value is -0.770. The number of hydrogen-bond acceptors (Lipinski definition) is 4. The highest BCUT2D eigenvalue weighted by Crippen LogP contribution is 2.40. The van der Waals surface area contributed by atoms with E-state index in [4.69, 9.17) is 16.0 Å². The van der Waals surface area contributed by atoms with Crippen molar-refractivity contribution in [3.05, 3.63) is 5.89 Å². The van der Waals surface area contributed by atoms with Crippen LogP contribution in [0.25, 0.3) is 0 Å². The van der Waals surface area contributed by atoms with Crippen LogP contribution in [0.15, 0.2) is 4.42 Å². The van der Waals surface area contributed by atoms with E-state index in [1.54, 1.807) is 0 Å². The molecule has 0 amide bonds. The first-order chi connectivity index (χ1) is 6.99. The summed E-state index contributed by atoms with van der Waals surface area (Å²) in [6.07, 6.45) is 2.54. The highest BCUT2D eigenvalue weighted by molar-refractivity contribution is 6.20. The van der Waals surface area contributed by atoms with Gasteiger partial charge in [0, 0.05) is 5.54 Å². The Morgan fingerprint density at radius 3 is 2.60 bits per heavy atom. The maximum absolute atomic E-state index is 5.84. The van der Waals surface area contributed by atoms with Gasteiger partial charge in [0.25, 0.3) is 0 Å². The van der Waals surface area contributed by atoms with E-state index in [9.17, 15) is 0 Å². The molecule has 1 unspecified atom stereocenters. The molecule has 1 aromatic rings. The number of nitrogens with one attached hydrogen (secondary N) is 1. The summed E-state index contributed by atoms with van der Waals surface area (Å²) >= 11 is 5.84. The zero-order valence-corrected chi connectivity index (χ0v) is 10.0. The highest BCUT2D eigenvalue weighted by Gasteiger charge is 2.38. The monoisotopic (exact) mass is 229 g/mol. The maximum Gasteiger partial charge on any atom is 0.315 e. The summed E-state index contributed by atoms with van der Waals surface area (Å²) in [5.74, 6) is 1.17. The molecule has 1 saturated carbocycles. The Morgan fingerprint density at radius 2 is 2.13 bits per heavy atom. The molecule has 1 aliphatic rings. The Morgan fingerprint density at radius 1 is 1.47 bits per heavy atom. The van der Waals surface area contributed by atoms with E-state index in [1.165, 1.54) is 12.8 Å². The maximum atomic E-state index is 5.84. The molecule has 1 atom stereocenters. The van der Waals surface area contributed by atoms with Gasteiger partial charge in [0.1, 0.15) is 5.38 Å². The molecule has 5 heteroatoms. The van der Waals surface area contributed by atoms with Gasteiger partial charge in [-0.2, -0.15) is 0 Å². The molecule has 0 aliphatic heterocycles. The predicted octanol–water partition coefficient (Wildman–Crippen LogP) is 2.97. The lowest BCUT2D eigenvalue weighted by Crippen LogP contribution is -2.33. The summed E-state index contributed by atoms with van der Waals surface area (Å²) < 4.78 is 5.39. The van der Waals surface area contributed by atoms with Crippen molar-refractivity contribution in [2.45, 2.75) is 44.5 Å². The van der Waals surface area contributed by atoms with Crippen molar-refractivity contribution in [1.29, 1.82) is 0 Å². The SMILES string of the molecule is CC(Cl)c1nnc(NC(C)(C)C2CC2)o1. The number of anilines is 1. The molecule has 0 spiro atoms. The van der Waals surface area contributed by atoms with Crippen molar-refractivity contribution >= 4 is 17.6 Å². The number of hydrogen-bond donors (Lipinski definition) is 1. The Labute approximate surface area is 94.4 Å². The molecular formula is C10H16ClN3O. The van der Waals surface area contributed by atoms with E-state index in [2.05, 4.69) is 29.4 Å². The Bertz CT molecular complexity index is 344. The van der Waals surface area contributed by atoms with Gasteiger partial charge in [0.05, 0.1) is 0 Å². The smallest absolute Gasteiger partial charge is 0.315 e. The van der Waals surface area contributed by atoms with Gasteiger partial charge < -0.3 is 9.73 Å². The molecular weight excluding hydrogens is 214 g/mol. The van der Waals surface area contributed by atoms with Gasteiger partial charge in [-0.15, -0.1) is 16.7 Å². The fourth-order valence-electron chi connectivity index (χ4n) is 1.63. The first kappa shape index (κ1) is 10.7. The molecule has 0 bridgehead atoms. The molecule has 1 aliphatic carbocycles. The summed E-state index contributed by atoms with van der Waals surface area (Å²) in [5.41, 5.74) is 0.0271. The minimum absolute atomic E-state index is 0.0271. The third-order valence-corrected chi connectivity index (χ3v) is 2.99. The molecule has 4 nitrogen and oxygen atoms in total. The molecule has 15 heavy (non-hydrogen) atoms. The van der Waals surface area contributed by atoms with Gasteiger partial charge in [0.2, 0.25) is 5.89 Å². The lowest BCUT2D eigenvalue weighted by Gasteiger charge is -2.24. The Balaban J connectivity index is 2.03. The number of rotatable bonds is 4. The third kappa shape index (κ3) is 2.43. The first-order valence-electron chi connectivity index (χ1n) is 5.24. The number of nitrogens with zero attached hydrogens (tertiary/aromatic N) is 2.